The maximum atomic E-state index is 11.2. The fourth-order valence-corrected chi connectivity index (χ4v) is 3.35. The first-order valence-electron chi connectivity index (χ1n) is 9.39. The second kappa shape index (κ2) is 12.1. The molecular weight excluding hydrogens is 443 g/mol. The monoisotopic (exact) mass is 476 g/mol. The number of nitrogens with one attached hydrogen (secondary N) is 1. The molecule has 2 heterocycles. The number of piperidine rings is 1. The molecule has 0 radical (unpaired) electrons. The summed E-state index contributed by atoms with van der Waals surface area (Å²) < 4.78 is 2.17. The Bertz CT molecular complexity index is 574. The highest BCUT2D eigenvalue weighted by atomic mass is 127. The Labute approximate surface area is 173 Å². The van der Waals surface area contributed by atoms with Gasteiger partial charge in [-0.1, -0.05) is 0 Å². The van der Waals surface area contributed by atoms with Gasteiger partial charge >= 0.3 is 0 Å². The predicted molar refractivity (Wildman–Crippen MR) is 116 cm³/mol. The maximum absolute atomic E-state index is 11.2. The molecule has 148 valence electrons. The van der Waals surface area contributed by atoms with E-state index < -0.39 is 0 Å². The van der Waals surface area contributed by atoms with Gasteiger partial charge in [-0.3, -0.25) is 9.79 Å². The van der Waals surface area contributed by atoms with Crippen LogP contribution in [0, 0.1) is 12.8 Å². The Morgan fingerprint density at radius 3 is 2.92 bits per heavy atom. The number of aryl methyl sites for hydroxylation is 2. The Balaban J connectivity index is 0.00000338. The Hall–Kier alpha value is -1.32. The molecule has 1 aliphatic rings. The van der Waals surface area contributed by atoms with Crippen molar-refractivity contribution in [3.63, 3.8) is 0 Å². The standard InChI is InChI=1S/C18H32N6O.HI/c1-3-20-18(24-11-6-7-16(14-24)13-17(19)25)22-8-4-5-10-23-12-9-21-15(23)2;/h9,12,16H,3-8,10-11,13-14H2,1-2H3,(H2,19,25)(H,20,22);1H. The van der Waals surface area contributed by atoms with Crippen molar-refractivity contribution >= 4 is 35.8 Å². The number of primary amides is 1. The maximum Gasteiger partial charge on any atom is 0.217 e. The lowest BCUT2D eigenvalue weighted by molar-refractivity contribution is -0.119. The number of imidazole rings is 1. The lowest BCUT2D eigenvalue weighted by atomic mass is 9.95. The topological polar surface area (TPSA) is 88.5 Å². The van der Waals surface area contributed by atoms with Crippen LogP contribution in [0.15, 0.2) is 17.4 Å². The number of halogens is 1. The van der Waals surface area contributed by atoms with E-state index in [9.17, 15) is 4.79 Å². The summed E-state index contributed by atoms with van der Waals surface area (Å²) in [5.41, 5.74) is 5.36. The number of likely N-dealkylation sites (tertiary alicyclic amines) is 1. The summed E-state index contributed by atoms with van der Waals surface area (Å²) in [7, 11) is 0. The molecule has 1 aromatic heterocycles. The lowest BCUT2D eigenvalue weighted by Gasteiger charge is -2.34. The van der Waals surface area contributed by atoms with Gasteiger partial charge in [0.05, 0.1) is 0 Å². The van der Waals surface area contributed by atoms with Crippen molar-refractivity contribution in [1.29, 1.82) is 0 Å². The zero-order valence-corrected chi connectivity index (χ0v) is 18.3. The van der Waals surface area contributed by atoms with Crippen molar-refractivity contribution in [3.8, 4) is 0 Å². The summed E-state index contributed by atoms with van der Waals surface area (Å²) in [5.74, 6) is 2.17. The molecule has 0 saturated carbocycles. The van der Waals surface area contributed by atoms with Crippen molar-refractivity contribution < 1.29 is 4.79 Å². The van der Waals surface area contributed by atoms with E-state index in [0.717, 1.165) is 70.2 Å². The number of carbonyl (C=O) groups is 1. The number of nitrogens with zero attached hydrogens (tertiary/aromatic N) is 4. The Kier molecular flexibility index (Phi) is 10.6. The number of guanidine groups is 1. The number of carbonyl (C=O) groups excluding carboxylic acids is 1. The molecule has 2 rings (SSSR count). The molecule has 3 N–H and O–H groups in total. The fraction of sp³-hybridized carbons (Fsp3) is 0.722. The molecule has 1 saturated heterocycles. The van der Waals surface area contributed by atoms with Crippen molar-refractivity contribution in [3.05, 3.63) is 18.2 Å². The predicted octanol–water partition coefficient (Wildman–Crippen LogP) is 2.14. The highest BCUT2D eigenvalue weighted by molar-refractivity contribution is 14.0. The van der Waals surface area contributed by atoms with E-state index in [4.69, 9.17) is 10.7 Å². The molecule has 1 aliphatic heterocycles. The van der Waals surface area contributed by atoms with Crippen molar-refractivity contribution in [2.45, 2.75) is 52.5 Å². The van der Waals surface area contributed by atoms with Gasteiger partial charge in [-0.05, 0) is 45.4 Å². The molecule has 0 aromatic carbocycles. The van der Waals surface area contributed by atoms with Crippen LogP contribution in [0.2, 0.25) is 0 Å². The Morgan fingerprint density at radius 1 is 1.46 bits per heavy atom. The van der Waals surface area contributed by atoms with Gasteiger partial charge in [-0.2, -0.15) is 0 Å². The summed E-state index contributed by atoms with van der Waals surface area (Å²) in [6.07, 6.45) is 8.63. The molecule has 26 heavy (non-hydrogen) atoms. The van der Waals surface area contributed by atoms with E-state index in [2.05, 4.69) is 26.7 Å². The van der Waals surface area contributed by atoms with Gasteiger partial charge in [0, 0.05) is 51.5 Å². The number of amides is 1. The number of hydrogen-bond acceptors (Lipinski definition) is 3. The van der Waals surface area contributed by atoms with Gasteiger partial charge in [0.1, 0.15) is 5.82 Å². The average Bonchev–Trinajstić information content (AvgIpc) is 2.98. The van der Waals surface area contributed by atoms with Crippen LogP contribution in [0.4, 0.5) is 0 Å². The van der Waals surface area contributed by atoms with Crippen molar-refractivity contribution in [2.75, 3.05) is 26.2 Å². The molecule has 0 spiro atoms. The third-order valence-electron chi connectivity index (χ3n) is 4.64. The van der Waals surface area contributed by atoms with E-state index >= 15 is 0 Å². The minimum atomic E-state index is -0.205. The lowest BCUT2D eigenvalue weighted by Crippen LogP contribution is -2.47. The van der Waals surface area contributed by atoms with Gasteiger partial charge in [-0.25, -0.2) is 4.98 Å². The van der Waals surface area contributed by atoms with Crippen LogP contribution >= 0.6 is 24.0 Å². The van der Waals surface area contributed by atoms with E-state index in [-0.39, 0.29) is 29.9 Å². The minimum Gasteiger partial charge on any atom is -0.370 e. The second-order valence-electron chi connectivity index (χ2n) is 6.74. The molecular formula is C18H33IN6O. The fourth-order valence-electron chi connectivity index (χ4n) is 3.35. The number of rotatable bonds is 8. The van der Waals surface area contributed by atoms with Crippen LogP contribution in [0.1, 0.15) is 44.9 Å². The van der Waals surface area contributed by atoms with E-state index in [1.165, 1.54) is 0 Å². The molecule has 1 atom stereocenters. The molecule has 1 fully saturated rings. The third-order valence-corrected chi connectivity index (χ3v) is 4.64. The van der Waals surface area contributed by atoms with E-state index in [1.807, 2.05) is 19.3 Å². The van der Waals surface area contributed by atoms with Crippen molar-refractivity contribution in [1.82, 2.24) is 19.8 Å². The van der Waals surface area contributed by atoms with E-state index in [0.29, 0.717) is 12.3 Å². The highest BCUT2D eigenvalue weighted by Gasteiger charge is 2.23. The Morgan fingerprint density at radius 2 is 2.27 bits per heavy atom. The number of aromatic nitrogens is 2. The number of hydrogen-bond donors (Lipinski definition) is 2. The van der Waals surface area contributed by atoms with Crippen LogP contribution in [0.25, 0.3) is 0 Å². The van der Waals surface area contributed by atoms with Gasteiger partial charge in [0.15, 0.2) is 5.96 Å². The average molecular weight is 476 g/mol. The van der Waals surface area contributed by atoms with Crippen LogP contribution in [-0.2, 0) is 11.3 Å². The van der Waals surface area contributed by atoms with Crippen LogP contribution in [0.3, 0.4) is 0 Å². The van der Waals surface area contributed by atoms with Gasteiger partial charge in [0.2, 0.25) is 5.91 Å². The van der Waals surface area contributed by atoms with Crippen molar-refractivity contribution in [2.24, 2.45) is 16.6 Å². The van der Waals surface area contributed by atoms with Crippen LogP contribution in [0.5, 0.6) is 0 Å². The molecule has 7 nitrogen and oxygen atoms in total. The normalized spacial score (nSPS) is 17.7. The summed E-state index contributed by atoms with van der Waals surface area (Å²) >= 11 is 0. The first-order valence-corrected chi connectivity index (χ1v) is 9.39. The van der Waals surface area contributed by atoms with E-state index in [1.54, 1.807) is 0 Å². The molecule has 8 heteroatoms. The van der Waals surface area contributed by atoms with Gasteiger partial charge in [0.25, 0.3) is 0 Å². The van der Waals surface area contributed by atoms with Gasteiger partial charge in [-0.15, -0.1) is 24.0 Å². The third kappa shape index (κ3) is 7.51. The summed E-state index contributed by atoms with van der Waals surface area (Å²) in [4.78, 5) is 22.5. The minimum absolute atomic E-state index is 0. The molecule has 1 unspecified atom stereocenters. The second-order valence-corrected chi connectivity index (χ2v) is 6.74. The van der Waals surface area contributed by atoms with Crippen LogP contribution in [-0.4, -0.2) is 52.5 Å². The first kappa shape index (κ1) is 22.7. The number of nitrogens with two attached hydrogens (primary N) is 1. The molecule has 1 amide bonds. The first-order chi connectivity index (χ1) is 12.1. The molecule has 1 aromatic rings. The summed E-state index contributed by atoms with van der Waals surface area (Å²) in [6, 6.07) is 0. The number of aliphatic imine (C=N–C) groups is 1. The zero-order chi connectivity index (χ0) is 18.1. The SMILES string of the molecule is CCNC(=NCCCCn1ccnc1C)N1CCCC(CC(N)=O)C1.I. The molecule has 0 aliphatic carbocycles. The summed E-state index contributed by atoms with van der Waals surface area (Å²) in [6.45, 7) is 8.63. The number of unbranched alkanes of at least 4 members (excludes halogenated alkanes) is 1. The molecule has 0 bridgehead atoms. The smallest absolute Gasteiger partial charge is 0.217 e. The highest BCUT2D eigenvalue weighted by Crippen LogP contribution is 2.19. The quantitative estimate of drug-likeness (QED) is 0.261. The summed E-state index contributed by atoms with van der Waals surface area (Å²) in [5, 5.41) is 3.38. The van der Waals surface area contributed by atoms with Crippen LogP contribution < -0.4 is 11.1 Å². The van der Waals surface area contributed by atoms with Gasteiger partial charge < -0.3 is 20.5 Å². The zero-order valence-electron chi connectivity index (χ0n) is 16.0. The largest absolute Gasteiger partial charge is 0.370 e.